The lowest BCUT2D eigenvalue weighted by Gasteiger charge is -2.34. The second-order valence-electron chi connectivity index (χ2n) is 6.65. The molecule has 1 heterocycles. The maximum atomic E-state index is 12.4. The number of morpholine rings is 1. The van der Waals surface area contributed by atoms with Crippen molar-refractivity contribution >= 4 is 21.6 Å². The number of anilines is 1. The number of nitrogens with one attached hydrogen (secondary N) is 1. The number of rotatable bonds is 6. The van der Waals surface area contributed by atoms with E-state index in [-0.39, 0.29) is 29.6 Å². The van der Waals surface area contributed by atoms with Gasteiger partial charge in [0.1, 0.15) is 5.75 Å². The normalized spacial score (nSPS) is 21.6. The van der Waals surface area contributed by atoms with Crippen molar-refractivity contribution in [2.24, 2.45) is 0 Å². The zero-order chi connectivity index (χ0) is 19.5. The maximum absolute atomic E-state index is 12.4. The van der Waals surface area contributed by atoms with E-state index in [1.54, 1.807) is 0 Å². The van der Waals surface area contributed by atoms with Crippen molar-refractivity contribution < 1.29 is 22.7 Å². The minimum Gasteiger partial charge on any atom is -0.495 e. The molecule has 0 unspecified atom stereocenters. The van der Waals surface area contributed by atoms with Crippen molar-refractivity contribution in [2.45, 2.75) is 31.0 Å². The van der Waals surface area contributed by atoms with Crippen molar-refractivity contribution in [3.63, 3.8) is 0 Å². The molecule has 0 saturated carbocycles. The summed E-state index contributed by atoms with van der Waals surface area (Å²) >= 11 is 0. The van der Waals surface area contributed by atoms with Crippen LogP contribution in [0.2, 0.25) is 0 Å². The van der Waals surface area contributed by atoms with Gasteiger partial charge in [0.05, 0.1) is 36.4 Å². The molecule has 0 aromatic heterocycles. The fourth-order valence-electron chi connectivity index (χ4n) is 2.96. The van der Waals surface area contributed by atoms with Crippen molar-refractivity contribution in [3.8, 4) is 5.75 Å². The van der Waals surface area contributed by atoms with Gasteiger partial charge in [0.15, 0.2) is 0 Å². The molecule has 2 rings (SSSR count). The Hall–Kier alpha value is -1.68. The quantitative estimate of drug-likeness (QED) is 0.786. The van der Waals surface area contributed by atoms with Gasteiger partial charge in [-0.1, -0.05) is 0 Å². The Morgan fingerprint density at radius 1 is 1.31 bits per heavy atom. The number of nitrogens with zero attached hydrogens (tertiary/aromatic N) is 2. The van der Waals surface area contributed by atoms with Gasteiger partial charge in [-0.15, -0.1) is 0 Å². The van der Waals surface area contributed by atoms with Crippen molar-refractivity contribution in [2.75, 3.05) is 46.2 Å². The van der Waals surface area contributed by atoms with Gasteiger partial charge in [-0.2, -0.15) is 0 Å². The molecular formula is C17H27N3O5S. The number of amides is 1. The van der Waals surface area contributed by atoms with Gasteiger partial charge in [0, 0.05) is 27.2 Å². The number of ether oxygens (including phenoxy) is 2. The maximum Gasteiger partial charge on any atom is 0.242 e. The van der Waals surface area contributed by atoms with E-state index >= 15 is 0 Å². The Morgan fingerprint density at radius 3 is 2.46 bits per heavy atom. The number of carbonyl (C=O) groups is 1. The average molecular weight is 385 g/mol. The molecule has 1 fully saturated rings. The van der Waals surface area contributed by atoms with Crippen LogP contribution in [-0.4, -0.2) is 76.6 Å². The van der Waals surface area contributed by atoms with E-state index in [9.17, 15) is 13.2 Å². The lowest BCUT2D eigenvalue weighted by Crippen LogP contribution is -2.48. The molecule has 2 atom stereocenters. The molecule has 1 aromatic rings. The van der Waals surface area contributed by atoms with E-state index in [0.29, 0.717) is 24.5 Å². The number of benzene rings is 1. The highest BCUT2D eigenvalue weighted by Gasteiger charge is 2.24. The van der Waals surface area contributed by atoms with E-state index < -0.39 is 10.0 Å². The van der Waals surface area contributed by atoms with Crippen molar-refractivity contribution in [1.29, 1.82) is 0 Å². The minimum absolute atomic E-state index is 0.0645. The number of carbonyl (C=O) groups excluding carboxylic acids is 1. The van der Waals surface area contributed by atoms with Gasteiger partial charge in [-0.3, -0.25) is 9.69 Å². The Labute approximate surface area is 155 Å². The molecule has 1 saturated heterocycles. The van der Waals surface area contributed by atoms with Crippen molar-refractivity contribution in [1.82, 2.24) is 9.21 Å². The summed E-state index contributed by atoms with van der Waals surface area (Å²) < 4.78 is 36.6. The van der Waals surface area contributed by atoms with Gasteiger partial charge < -0.3 is 14.8 Å². The van der Waals surface area contributed by atoms with Gasteiger partial charge in [-0.25, -0.2) is 12.7 Å². The molecule has 0 aliphatic carbocycles. The smallest absolute Gasteiger partial charge is 0.242 e. The summed E-state index contributed by atoms with van der Waals surface area (Å²) in [5, 5.41) is 2.76. The molecule has 0 bridgehead atoms. The number of methoxy groups -OCH3 is 1. The average Bonchev–Trinajstić information content (AvgIpc) is 2.53. The largest absolute Gasteiger partial charge is 0.495 e. The lowest BCUT2D eigenvalue weighted by atomic mass is 10.2. The van der Waals surface area contributed by atoms with Gasteiger partial charge >= 0.3 is 0 Å². The molecule has 1 aliphatic heterocycles. The zero-order valence-corrected chi connectivity index (χ0v) is 16.7. The third kappa shape index (κ3) is 4.94. The summed E-state index contributed by atoms with van der Waals surface area (Å²) in [6.07, 6.45) is 0.129. The lowest BCUT2D eigenvalue weighted by molar-refractivity contribution is -0.121. The summed E-state index contributed by atoms with van der Waals surface area (Å²) in [6, 6.07) is 4.40. The van der Waals surface area contributed by atoms with Crippen LogP contribution in [0.1, 0.15) is 13.8 Å². The van der Waals surface area contributed by atoms with E-state index in [2.05, 4.69) is 5.32 Å². The first-order valence-electron chi connectivity index (χ1n) is 8.41. The zero-order valence-electron chi connectivity index (χ0n) is 15.9. The topological polar surface area (TPSA) is 88.2 Å². The summed E-state index contributed by atoms with van der Waals surface area (Å²) in [6.45, 7) is 5.48. The van der Waals surface area contributed by atoms with E-state index in [1.165, 1.54) is 39.4 Å². The van der Waals surface area contributed by atoms with Crippen molar-refractivity contribution in [3.05, 3.63) is 18.2 Å². The van der Waals surface area contributed by atoms with Crippen LogP contribution < -0.4 is 10.1 Å². The van der Waals surface area contributed by atoms with Gasteiger partial charge in [-0.05, 0) is 32.0 Å². The van der Waals surface area contributed by atoms with Crippen LogP contribution >= 0.6 is 0 Å². The highest BCUT2D eigenvalue weighted by Crippen LogP contribution is 2.28. The fourth-order valence-corrected chi connectivity index (χ4v) is 3.89. The highest BCUT2D eigenvalue weighted by molar-refractivity contribution is 7.89. The third-order valence-corrected chi connectivity index (χ3v) is 5.90. The molecule has 1 aliphatic rings. The molecule has 0 radical (unpaired) electrons. The van der Waals surface area contributed by atoms with E-state index in [4.69, 9.17) is 9.47 Å². The molecule has 146 valence electrons. The summed E-state index contributed by atoms with van der Waals surface area (Å²) in [5.41, 5.74) is 0.329. The number of sulfonamides is 1. The monoisotopic (exact) mass is 385 g/mol. The van der Waals surface area contributed by atoms with Crippen LogP contribution in [-0.2, 0) is 19.6 Å². The molecular weight excluding hydrogens is 358 g/mol. The first-order chi connectivity index (χ1) is 12.1. The third-order valence-electron chi connectivity index (χ3n) is 4.09. The van der Waals surface area contributed by atoms with Crippen LogP contribution in [0.5, 0.6) is 5.75 Å². The fraction of sp³-hybridized carbons (Fsp3) is 0.588. The Morgan fingerprint density at radius 2 is 1.92 bits per heavy atom. The van der Waals surface area contributed by atoms with Crippen LogP contribution in [0, 0.1) is 0 Å². The predicted octanol–water partition coefficient (Wildman–Crippen LogP) is 0.993. The molecule has 0 spiro atoms. The first kappa shape index (κ1) is 20.6. The van der Waals surface area contributed by atoms with E-state index in [1.807, 2.05) is 18.7 Å². The summed E-state index contributed by atoms with van der Waals surface area (Å²) in [7, 11) is 0.780. The first-order valence-corrected chi connectivity index (χ1v) is 9.85. The molecule has 8 nitrogen and oxygen atoms in total. The molecule has 9 heteroatoms. The van der Waals surface area contributed by atoms with Gasteiger partial charge in [0.2, 0.25) is 15.9 Å². The number of hydrogen-bond donors (Lipinski definition) is 1. The summed E-state index contributed by atoms with van der Waals surface area (Å²) in [5.74, 6) is 0.170. The predicted molar refractivity (Wildman–Crippen MR) is 98.9 cm³/mol. The highest BCUT2D eigenvalue weighted by atomic mass is 32.2. The standard InChI is InChI=1S/C17H27N3O5S/c1-12-9-20(10-13(2)25-12)11-17(21)18-15-8-14(6-7-16(15)24-5)26(22,23)19(3)4/h6-8,12-13H,9-11H2,1-5H3,(H,18,21)/t12-,13-/m1/s1. The van der Waals surface area contributed by atoms with Gasteiger partial charge in [0.25, 0.3) is 0 Å². The molecule has 26 heavy (non-hydrogen) atoms. The van der Waals surface area contributed by atoms with Crippen LogP contribution in [0.15, 0.2) is 23.1 Å². The second kappa shape index (κ2) is 8.34. The SMILES string of the molecule is COc1ccc(S(=O)(=O)N(C)C)cc1NC(=O)CN1C[C@@H](C)O[C@H](C)C1. The summed E-state index contributed by atoms with van der Waals surface area (Å²) in [4.78, 5) is 14.6. The molecule has 1 amide bonds. The van der Waals surface area contributed by atoms with Crippen LogP contribution in [0.25, 0.3) is 0 Å². The second-order valence-corrected chi connectivity index (χ2v) is 8.80. The minimum atomic E-state index is -3.60. The van der Waals surface area contributed by atoms with Crippen LogP contribution in [0.3, 0.4) is 0 Å². The number of hydrogen-bond acceptors (Lipinski definition) is 6. The van der Waals surface area contributed by atoms with E-state index in [0.717, 1.165) is 4.31 Å². The Kier molecular flexibility index (Phi) is 6.62. The molecule has 1 aromatic carbocycles. The Balaban J connectivity index is 2.15. The molecule has 1 N–H and O–H groups in total. The van der Waals surface area contributed by atoms with Crippen LogP contribution in [0.4, 0.5) is 5.69 Å². The Bertz CT molecular complexity index is 741.